The maximum Gasteiger partial charge on any atom is 0.230 e. The molecule has 0 radical (unpaired) electrons. The van der Waals surface area contributed by atoms with E-state index >= 15 is 0 Å². The predicted octanol–water partition coefficient (Wildman–Crippen LogP) is 4.10. The SMILES string of the molecule is Oc1nc(-c2ccc3ccccc3c2)sc1C=c1ccc2c(c1)C=CN=2. The molecule has 0 aliphatic carbocycles. The van der Waals surface area contributed by atoms with Crippen LogP contribution in [0, 0.1) is 0 Å². The molecule has 1 N–H and O–H groups in total. The molecule has 1 aromatic heterocycles. The van der Waals surface area contributed by atoms with Gasteiger partial charge in [-0.3, -0.25) is 4.99 Å². The van der Waals surface area contributed by atoms with Crippen molar-refractivity contribution in [3.63, 3.8) is 0 Å². The van der Waals surface area contributed by atoms with E-state index in [2.05, 4.69) is 40.3 Å². The molecule has 1 aliphatic heterocycles. The summed E-state index contributed by atoms with van der Waals surface area (Å²) in [6, 6.07) is 20.5. The summed E-state index contributed by atoms with van der Waals surface area (Å²) < 4.78 is 0. The maximum absolute atomic E-state index is 10.3. The standard InChI is InChI=1S/C22H14N2OS/c25-21-20(12-14-5-8-19-17(11-14)9-10-23-19)26-22(24-21)18-7-6-15-3-1-2-4-16(15)13-18/h1-13,25H. The lowest BCUT2D eigenvalue weighted by atomic mass is 10.1. The number of aromatic nitrogens is 1. The molecule has 3 nitrogen and oxygen atoms in total. The van der Waals surface area contributed by atoms with Gasteiger partial charge in [0, 0.05) is 17.3 Å². The molecule has 0 saturated heterocycles. The molecular weight excluding hydrogens is 340 g/mol. The second-order valence-corrected chi connectivity index (χ2v) is 7.21. The summed E-state index contributed by atoms with van der Waals surface area (Å²) in [4.78, 5) is 9.40. The van der Waals surface area contributed by atoms with Gasteiger partial charge >= 0.3 is 0 Å². The molecule has 0 unspecified atom stereocenters. The summed E-state index contributed by atoms with van der Waals surface area (Å²) in [6.45, 7) is 0. The molecule has 5 rings (SSSR count). The number of rotatable bonds is 2. The highest BCUT2D eigenvalue weighted by atomic mass is 32.1. The smallest absolute Gasteiger partial charge is 0.230 e. The Balaban J connectivity index is 1.58. The van der Waals surface area contributed by atoms with Crippen LogP contribution < -0.4 is 10.6 Å². The van der Waals surface area contributed by atoms with Crippen LogP contribution in [-0.2, 0) is 0 Å². The molecule has 26 heavy (non-hydrogen) atoms. The van der Waals surface area contributed by atoms with E-state index in [0.717, 1.165) is 31.6 Å². The lowest BCUT2D eigenvalue weighted by Crippen LogP contribution is -2.09. The predicted molar refractivity (Wildman–Crippen MR) is 107 cm³/mol. The molecule has 0 saturated carbocycles. The highest BCUT2D eigenvalue weighted by molar-refractivity contribution is 7.16. The average Bonchev–Trinajstić information content (AvgIpc) is 3.28. The molecule has 124 valence electrons. The van der Waals surface area contributed by atoms with Crippen molar-refractivity contribution >= 4 is 34.3 Å². The average molecular weight is 354 g/mol. The zero-order valence-electron chi connectivity index (χ0n) is 13.8. The fourth-order valence-electron chi connectivity index (χ4n) is 3.13. The van der Waals surface area contributed by atoms with E-state index in [4.69, 9.17) is 0 Å². The van der Waals surface area contributed by atoms with Gasteiger partial charge in [-0.2, -0.15) is 0 Å². The molecule has 0 bridgehead atoms. The number of benzene rings is 3. The zero-order chi connectivity index (χ0) is 17.5. The summed E-state index contributed by atoms with van der Waals surface area (Å²) in [5.41, 5.74) is 2.11. The van der Waals surface area contributed by atoms with Gasteiger partial charge in [0.05, 0.1) is 10.2 Å². The fraction of sp³-hybridized carbons (Fsp3) is 0. The molecule has 0 atom stereocenters. The molecule has 2 heterocycles. The van der Waals surface area contributed by atoms with Gasteiger partial charge in [0.2, 0.25) is 5.88 Å². The first-order valence-electron chi connectivity index (χ1n) is 8.31. The summed E-state index contributed by atoms with van der Waals surface area (Å²) in [7, 11) is 0. The molecule has 4 aromatic rings. The minimum absolute atomic E-state index is 0.0684. The van der Waals surface area contributed by atoms with Crippen molar-refractivity contribution < 1.29 is 5.11 Å². The summed E-state index contributed by atoms with van der Waals surface area (Å²) in [5.74, 6) is 0.0684. The van der Waals surface area contributed by atoms with E-state index in [1.54, 1.807) is 6.20 Å². The van der Waals surface area contributed by atoms with Crippen molar-refractivity contribution in [2.24, 2.45) is 4.99 Å². The van der Waals surface area contributed by atoms with Crippen LogP contribution in [-0.4, -0.2) is 10.1 Å². The monoisotopic (exact) mass is 354 g/mol. The first-order chi connectivity index (χ1) is 12.8. The molecular formula is C22H14N2OS. The van der Waals surface area contributed by atoms with E-state index in [9.17, 15) is 5.11 Å². The van der Waals surface area contributed by atoms with E-state index in [1.807, 2.05) is 42.5 Å². The van der Waals surface area contributed by atoms with Gasteiger partial charge in [-0.25, -0.2) is 4.98 Å². The highest BCUT2D eigenvalue weighted by Gasteiger charge is 2.10. The fourth-order valence-corrected chi connectivity index (χ4v) is 4.04. The van der Waals surface area contributed by atoms with Crippen molar-refractivity contribution in [1.29, 1.82) is 0 Å². The number of hydrogen-bond acceptors (Lipinski definition) is 4. The molecule has 0 fully saturated rings. The minimum atomic E-state index is 0.0684. The molecule has 3 aromatic carbocycles. The van der Waals surface area contributed by atoms with E-state index < -0.39 is 0 Å². The summed E-state index contributed by atoms with van der Waals surface area (Å²) in [5, 5.41) is 15.5. The maximum atomic E-state index is 10.3. The van der Waals surface area contributed by atoms with Gasteiger partial charge in [0.1, 0.15) is 5.01 Å². The van der Waals surface area contributed by atoms with Crippen LogP contribution in [0.4, 0.5) is 0 Å². The number of nitrogens with zero attached hydrogens (tertiary/aromatic N) is 2. The largest absolute Gasteiger partial charge is 0.492 e. The van der Waals surface area contributed by atoms with Gasteiger partial charge in [0.15, 0.2) is 0 Å². The molecule has 4 heteroatoms. The second-order valence-electron chi connectivity index (χ2n) is 6.18. The number of hydrogen-bond donors (Lipinski definition) is 1. The number of aromatic hydroxyl groups is 1. The van der Waals surface area contributed by atoms with Crippen molar-refractivity contribution in [3.05, 3.63) is 87.9 Å². The first-order valence-corrected chi connectivity index (χ1v) is 9.13. The Labute approximate surface area is 153 Å². The van der Waals surface area contributed by atoms with E-state index in [-0.39, 0.29) is 5.88 Å². The van der Waals surface area contributed by atoms with Crippen LogP contribution in [0.15, 0.2) is 71.9 Å². The van der Waals surface area contributed by atoms with Gasteiger partial charge in [0.25, 0.3) is 0 Å². The van der Waals surface area contributed by atoms with Crippen molar-refractivity contribution in [2.75, 3.05) is 0 Å². The third kappa shape index (κ3) is 2.61. The van der Waals surface area contributed by atoms with E-state index in [0.29, 0.717) is 0 Å². The van der Waals surface area contributed by atoms with E-state index in [1.165, 1.54) is 22.1 Å². The van der Waals surface area contributed by atoms with Crippen LogP contribution in [0.2, 0.25) is 0 Å². The first kappa shape index (κ1) is 15.0. The Kier molecular flexibility index (Phi) is 3.43. The van der Waals surface area contributed by atoms with Crippen LogP contribution >= 0.6 is 11.3 Å². The number of fused-ring (bicyclic) bond motifs is 2. The molecule has 0 amide bonds. The topological polar surface area (TPSA) is 45.5 Å². The Bertz CT molecular complexity index is 1300. The Morgan fingerprint density at radius 3 is 2.73 bits per heavy atom. The van der Waals surface area contributed by atoms with Gasteiger partial charge in [-0.15, -0.1) is 11.3 Å². The Hall–Kier alpha value is -3.24. The minimum Gasteiger partial charge on any atom is -0.492 e. The van der Waals surface area contributed by atoms with Gasteiger partial charge in [-0.05, 0) is 46.3 Å². The Morgan fingerprint density at radius 1 is 0.923 bits per heavy atom. The Morgan fingerprint density at radius 2 is 1.81 bits per heavy atom. The van der Waals surface area contributed by atoms with Crippen LogP contribution in [0.5, 0.6) is 5.88 Å². The van der Waals surface area contributed by atoms with Crippen LogP contribution in [0.1, 0.15) is 10.4 Å². The van der Waals surface area contributed by atoms with Crippen LogP contribution in [0.25, 0.3) is 33.5 Å². The summed E-state index contributed by atoms with van der Waals surface area (Å²) in [6.07, 6.45) is 5.75. The summed E-state index contributed by atoms with van der Waals surface area (Å²) >= 11 is 1.49. The zero-order valence-corrected chi connectivity index (χ0v) is 14.6. The molecule has 1 aliphatic rings. The van der Waals surface area contributed by atoms with Crippen molar-refractivity contribution in [2.45, 2.75) is 0 Å². The lowest BCUT2D eigenvalue weighted by Gasteiger charge is -2.00. The van der Waals surface area contributed by atoms with Crippen molar-refractivity contribution in [3.8, 4) is 16.5 Å². The number of thiazole rings is 1. The van der Waals surface area contributed by atoms with Gasteiger partial charge in [-0.1, -0.05) is 42.5 Å². The normalized spacial score (nSPS) is 13.2. The second kappa shape index (κ2) is 5.93. The molecule has 0 spiro atoms. The third-order valence-corrected chi connectivity index (χ3v) is 5.49. The quantitative estimate of drug-likeness (QED) is 0.589. The van der Waals surface area contributed by atoms with Crippen LogP contribution in [0.3, 0.4) is 0 Å². The van der Waals surface area contributed by atoms with Crippen molar-refractivity contribution in [1.82, 2.24) is 4.98 Å². The highest BCUT2D eigenvalue weighted by Crippen LogP contribution is 2.33. The third-order valence-electron chi connectivity index (χ3n) is 4.45. The lowest BCUT2D eigenvalue weighted by molar-refractivity contribution is 0.456. The van der Waals surface area contributed by atoms with Gasteiger partial charge < -0.3 is 5.11 Å².